The molecular formula is C22H27FN2O. The predicted molar refractivity (Wildman–Crippen MR) is 104 cm³/mol. The molecule has 1 fully saturated rings. The molecule has 1 N–H and O–H groups in total. The quantitative estimate of drug-likeness (QED) is 0.873. The van der Waals surface area contributed by atoms with E-state index in [1.54, 1.807) is 12.1 Å². The lowest BCUT2D eigenvalue weighted by atomic mass is 9.96. The van der Waals surface area contributed by atoms with Crippen LogP contribution in [0.2, 0.25) is 0 Å². The summed E-state index contributed by atoms with van der Waals surface area (Å²) in [5, 5.41) is 3.18. The smallest absolute Gasteiger partial charge is 0.227 e. The van der Waals surface area contributed by atoms with Crippen LogP contribution in [0.1, 0.15) is 38.7 Å². The minimum absolute atomic E-state index is 0.0549. The molecule has 0 bridgehead atoms. The van der Waals surface area contributed by atoms with Crippen molar-refractivity contribution in [3.8, 4) is 11.1 Å². The van der Waals surface area contributed by atoms with Crippen molar-refractivity contribution < 1.29 is 9.18 Å². The average molecular weight is 354 g/mol. The van der Waals surface area contributed by atoms with E-state index in [0.717, 1.165) is 30.6 Å². The van der Waals surface area contributed by atoms with E-state index < -0.39 is 0 Å². The van der Waals surface area contributed by atoms with Gasteiger partial charge in [-0.1, -0.05) is 42.5 Å². The SMILES string of the molecule is CC(C(=O)NC1CCN(C(C)C)C1)c1ccc(-c2ccccc2F)cc1. The third-order valence-corrected chi connectivity index (χ3v) is 5.29. The number of hydrogen-bond acceptors (Lipinski definition) is 2. The normalized spacial score (nSPS) is 18.9. The Bertz CT molecular complexity index is 757. The Kier molecular flexibility index (Phi) is 5.72. The monoisotopic (exact) mass is 354 g/mol. The second kappa shape index (κ2) is 8.00. The maximum absolute atomic E-state index is 13.9. The molecule has 0 spiro atoms. The van der Waals surface area contributed by atoms with Gasteiger partial charge in [0, 0.05) is 30.7 Å². The van der Waals surface area contributed by atoms with E-state index in [1.807, 2.05) is 37.3 Å². The molecule has 2 unspecified atom stereocenters. The van der Waals surface area contributed by atoms with Gasteiger partial charge in [-0.3, -0.25) is 9.69 Å². The molecule has 0 saturated carbocycles. The molecule has 3 nitrogen and oxygen atoms in total. The summed E-state index contributed by atoms with van der Waals surface area (Å²) in [7, 11) is 0. The van der Waals surface area contributed by atoms with Gasteiger partial charge < -0.3 is 5.32 Å². The number of rotatable bonds is 5. The number of amides is 1. The molecular weight excluding hydrogens is 327 g/mol. The lowest BCUT2D eigenvalue weighted by molar-refractivity contribution is -0.122. The maximum atomic E-state index is 13.9. The van der Waals surface area contributed by atoms with E-state index in [2.05, 4.69) is 24.1 Å². The standard InChI is InChI=1S/C22H27FN2O/c1-15(2)25-13-12-19(14-25)24-22(26)16(3)17-8-10-18(11-9-17)20-6-4-5-7-21(20)23/h4-11,15-16,19H,12-14H2,1-3H3,(H,24,26). The van der Waals surface area contributed by atoms with Crippen LogP contribution in [0, 0.1) is 5.82 Å². The number of carbonyl (C=O) groups excluding carboxylic acids is 1. The second-order valence-corrected chi connectivity index (χ2v) is 7.41. The van der Waals surface area contributed by atoms with E-state index >= 15 is 0 Å². The zero-order valence-electron chi connectivity index (χ0n) is 15.7. The Labute approximate surface area is 155 Å². The van der Waals surface area contributed by atoms with Gasteiger partial charge in [-0.05, 0) is 44.4 Å². The Morgan fingerprint density at radius 2 is 1.81 bits per heavy atom. The molecule has 1 aliphatic rings. The number of likely N-dealkylation sites (tertiary alicyclic amines) is 1. The van der Waals surface area contributed by atoms with Crippen LogP contribution in [0.15, 0.2) is 48.5 Å². The van der Waals surface area contributed by atoms with Crippen molar-refractivity contribution in [2.45, 2.75) is 45.2 Å². The summed E-state index contributed by atoms with van der Waals surface area (Å²) in [5.41, 5.74) is 2.35. The average Bonchev–Trinajstić information content (AvgIpc) is 3.10. The van der Waals surface area contributed by atoms with Crippen molar-refractivity contribution in [1.82, 2.24) is 10.2 Å². The summed E-state index contributed by atoms with van der Waals surface area (Å²) in [6, 6.07) is 15.1. The van der Waals surface area contributed by atoms with Gasteiger partial charge in [-0.25, -0.2) is 4.39 Å². The van der Waals surface area contributed by atoms with Crippen LogP contribution in [0.25, 0.3) is 11.1 Å². The van der Waals surface area contributed by atoms with Crippen LogP contribution in [0.4, 0.5) is 4.39 Å². The first-order valence-corrected chi connectivity index (χ1v) is 9.35. The molecule has 2 atom stereocenters. The molecule has 0 radical (unpaired) electrons. The summed E-state index contributed by atoms with van der Waals surface area (Å²) in [5.74, 6) is -0.404. The largest absolute Gasteiger partial charge is 0.352 e. The van der Waals surface area contributed by atoms with Crippen molar-refractivity contribution in [3.63, 3.8) is 0 Å². The fraction of sp³-hybridized carbons (Fsp3) is 0.409. The van der Waals surface area contributed by atoms with Crippen LogP contribution >= 0.6 is 0 Å². The lowest BCUT2D eigenvalue weighted by Crippen LogP contribution is -2.40. The molecule has 1 amide bonds. The molecule has 1 aliphatic heterocycles. The Hall–Kier alpha value is -2.20. The van der Waals surface area contributed by atoms with Crippen molar-refractivity contribution in [3.05, 3.63) is 59.9 Å². The van der Waals surface area contributed by atoms with Gasteiger partial charge in [0.1, 0.15) is 5.82 Å². The van der Waals surface area contributed by atoms with Gasteiger partial charge in [0.15, 0.2) is 0 Å². The van der Waals surface area contributed by atoms with Crippen LogP contribution in [0.3, 0.4) is 0 Å². The summed E-state index contributed by atoms with van der Waals surface area (Å²) in [6.07, 6.45) is 1.00. The first-order chi connectivity index (χ1) is 12.5. The van der Waals surface area contributed by atoms with Crippen molar-refractivity contribution in [2.75, 3.05) is 13.1 Å². The van der Waals surface area contributed by atoms with Gasteiger partial charge in [0.25, 0.3) is 0 Å². The molecule has 3 rings (SSSR count). The minimum atomic E-state index is -0.234. The molecule has 0 aliphatic carbocycles. The van der Waals surface area contributed by atoms with Crippen molar-refractivity contribution in [2.24, 2.45) is 0 Å². The van der Waals surface area contributed by atoms with Crippen LogP contribution < -0.4 is 5.32 Å². The lowest BCUT2D eigenvalue weighted by Gasteiger charge is -2.21. The molecule has 138 valence electrons. The third-order valence-electron chi connectivity index (χ3n) is 5.29. The highest BCUT2D eigenvalue weighted by molar-refractivity contribution is 5.83. The fourth-order valence-corrected chi connectivity index (χ4v) is 3.50. The Balaban J connectivity index is 1.64. The zero-order chi connectivity index (χ0) is 18.7. The minimum Gasteiger partial charge on any atom is -0.352 e. The van der Waals surface area contributed by atoms with Crippen LogP contribution in [-0.4, -0.2) is 36.0 Å². The topological polar surface area (TPSA) is 32.3 Å². The molecule has 2 aromatic carbocycles. The molecule has 4 heteroatoms. The number of benzene rings is 2. The van der Waals surface area contributed by atoms with Gasteiger partial charge >= 0.3 is 0 Å². The van der Waals surface area contributed by atoms with Crippen molar-refractivity contribution >= 4 is 5.91 Å². The summed E-state index contributed by atoms with van der Waals surface area (Å²) in [6.45, 7) is 8.24. The number of carbonyl (C=O) groups is 1. The highest BCUT2D eigenvalue weighted by Gasteiger charge is 2.27. The van der Waals surface area contributed by atoms with Gasteiger partial charge in [0.05, 0.1) is 5.92 Å². The van der Waals surface area contributed by atoms with Crippen LogP contribution in [-0.2, 0) is 4.79 Å². The first kappa shape index (κ1) is 18.6. The molecule has 1 heterocycles. The van der Waals surface area contributed by atoms with E-state index in [9.17, 15) is 9.18 Å². The second-order valence-electron chi connectivity index (χ2n) is 7.41. The number of nitrogens with zero attached hydrogens (tertiary/aromatic N) is 1. The summed E-state index contributed by atoms with van der Waals surface area (Å²) in [4.78, 5) is 15.0. The van der Waals surface area contributed by atoms with E-state index in [4.69, 9.17) is 0 Å². The predicted octanol–water partition coefficient (Wildman–Crippen LogP) is 4.20. The highest BCUT2D eigenvalue weighted by Crippen LogP contribution is 2.25. The first-order valence-electron chi connectivity index (χ1n) is 9.35. The van der Waals surface area contributed by atoms with Gasteiger partial charge in [-0.15, -0.1) is 0 Å². The van der Waals surface area contributed by atoms with Crippen LogP contribution in [0.5, 0.6) is 0 Å². The van der Waals surface area contributed by atoms with E-state index in [0.29, 0.717) is 11.6 Å². The highest BCUT2D eigenvalue weighted by atomic mass is 19.1. The number of nitrogens with one attached hydrogen (secondary N) is 1. The molecule has 2 aromatic rings. The molecule has 1 saturated heterocycles. The number of hydrogen-bond donors (Lipinski definition) is 1. The number of halogens is 1. The Morgan fingerprint density at radius 3 is 2.42 bits per heavy atom. The summed E-state index contributed by atoms with van der Waals surface area (Å²) >= 11 is 0. The van der Waals surface area contributed by atoms with Gasteiger partial charge in [0.2, 0.25) is 5.91 Å². The third kappa shape index (κ3) is 4.13. The fourth-order valence-electron chi connectivity index (χ4n) is 3.50. The maximum Gasteiger partial charge on any atom is 0.227 e. The van der Waals surface area contributed by atoms with Gasteiger partial charge in [-0.2, -0.15) is 0 Å². The summed E-state index contributed by atoms with van der Waals surface area (Å²) < 4.78 is 13.9. The Morgan fingerprint density at radius 1 is 1.12 bits per heavy atom. The zero-order valence-corrected chi connectivity index (χ0v) is 15.7. The van der Waals surface area contributed by atoms with Crippen molar-refractivity contribution in [1.29, 1.82) is 0 Å². The molecule has 0 aromatic heterocycles. The van der Waals surface area contributed by atoms with E-state index in [-0.39, 0.29) is 23.7 Å². The molecule has 26 heavy (non-hydrogen) atoms. The van der Waals surface area contributed by atoms with E-state index in [1.165, 1.54) is 6.07 Å².